The molecule has 1 fully saturated rings. The van der Waals surface area contributed by atoms with Gasteiger partial charge in [-0.05, 0) is 50.7 Å². The molecule has 2 aliphatic heterocycles. The minimum Gasteiger partial charge on any atom is -0.493 e. The second-order valence-electron chi connectivity index (χ2n) is 9.37. The summed E-state index contributed by atoms with van der Waals surface area (Å²) in [6.45, 7) is 5.51. The first-order chi connectivity index (χ1) is 15.3. The fourth-order valence-corrected chi connectivity index (χ4v) is 5.91. The number of Topliss-reactive ketones (excluding diaryl/α,β-unsaturated/α-hetero) is 1. The van der Waals surface area contributed by atoms with E-state index in [1.165, 1.54) is 18.1 Å². The summed E-state index contributed by atoms with van der Waals surface area (Å²) in [4.78, 5) is 26.8. The number of carbonyl (C=O) groups excluding carboxylic acids is 2. The maximum atomic E-state index is 12.9. The Morgan fingerprint density at radius 3 is 2.53 bits per heavy atom. The van der Waals surface area contributed by atoms with Gasteiger partial charge in [-0.3, -0.25) is 4.79 Å². The highest BCUT2D eigenvalue weighted by Crippen LogP contribution is 2.61. The van der Waals surface area contributed by atoms with Crippen molar-refractivity contribution in [3.05, 3.63) is 58.7 Å². The van der Waals surface area contributed by atoms with E-state index in [4.69, 9.17) is 14.2 Å². The molecule has 32 heavy (non-hydrogen) atoms. The van der Waals surface area contributed by atoms with Crippen LogP contribution in [-0.2, 0) is 16.7 Å². The molecule has 0 saturated heterocycles. The third-order valence-corrected chi connectivity index (χ3v) is 7.68. The normalized spacial score (nSPS) is 28.3. The van der Waals surface area contributed by atoms with Crippen LogP contribution < -0.4 is 9.47 Å². The van der Waals surface area contributed by atoms with Crippen LogP contribution in [0, 0.1) is 5.92 Å². The van der Waals surface area contributed by atoms with Gasteiger partial charge in [-0.2, -0.15) is 0 Å². The van der Waals surface area contributed by atoms with Gasteiger partial charge in [-0.1, -0.05) is 25.1 Å². The summed E-state index contributed by atoms with van der Waals surface area (Å²) in [5, 5.41) is 0. The van der Waals surface area contributed by atoms with Crippen LogP contribution in [-0.4, -0.2) is 49.6 Å². The Morgan fingerprint density at radius 2 is 1.84 bits per heavy atom. The summed E-state index contributed by atoms with van der Waals surface area (Å²) in [7, 11) is 3.82. The van der Waals surface area contributed by atoms with Crippen molar-refractivity contribution in [2.75, 3.05) is 20.7 Å². The van der Waals surface area contributed by atoms with E-state index in [2.05, 4.69) is 24.9 Å². The first-order valence-corrected chi connectivity index (χ1v) is 11.2. The van der Waals surface area contributed by atoms with Gasteiger partial charge in [0.25, 0.3) is 0 Å². The lowest BCUT2D eigenvalue weighted by Gasteiger charge is -2.34. The van der Waals surface area contributed by atoms with E-state index in [9.17, 15) is 9.59 Å². The molecule has 0 N–H and O–H groups in total. The monoisotopic (exact) mass is 435 g/mol. The fourth-order valence-electron chi connectivity index (χ4n) is 5.91. The van der Waals surface area contributed by atoms with Gasteiger partial charge in [0.05, 0.1) is 12.7 Å². The van der Waals surface area contributed by atoms with Crippen molar-refractivity contribution in [3.8, 4) is 11.5 Å². The second kappa shape index (κ2) is 7.62. The lowest BCUT2D eigenvalue weighted by Crippen LogP contribution is -2.40. The summed E-state index contributed by atoms with van der Waals surface area (Å²) in [5.74, 6) is 1.36. The van der Waals surface area contributed by atoms with E-state index in [1.807, 2.05) is 6.07 Å². The Hall–Kier alpha value is -2.86. The largest absolute Gasteiger partial charge is 0.493 e. The molecule has 0 radical (unpaired) electrons. The lowest BCUT2D eigenvalue weighted by atomic mass is 9.69. The molecule has 2 heterocycles. The number of hydrogen-bond donors (Lipinski definition) is 0. The quantitative estimate of drug-likeness (QED) is 0.534. The number of hydrogen-bond acceptors (Lipinski definition) is 6. The van der Waals surface area contributed by atoms with E-state index >= 15 is 0 Å². The Balaban J connectivity index is 1.46. The summed E-state index contributed by atoms with van der Waals surface area (Å²) < 4.78 is 18.2. The van der Waals surface area contributed by atoms with Crippen LogP contribution in [0.3, 0.4) is 0 Å². The van der Waals surface area contributed by atoms with Crippen molar-refractivity contribution in [1.82, 2.24) is 4.90 Å². The van der Waals surface area contributed by atoms with Gasteiger partial charge >= 0.3 is 5.97 Å². The molecule has 3 aliphatic rings. The first-order valence-electron chi connectivity index (χ1n) is 11.2. The van der Waals surface area contributed by atoms with Gasteiger partial charge in [-0.25, -0.2) is 4.79 Å². The number of benzene rings is 2. The molecule has 2 unspecified atom stereocenters. The molecule has 1 spiro atoms. The Bertz CT molecular complexity index is 1080. The maximum Gasteiger partial charge on any atom is 0.338 e. The Kier molecular flexibility index (Phi) is 5.01. The van der Waals surface area contributed by atoms with Gasteiger partial charge in [0, 0.05) is 35.4 Å². The van der Waals surface area contributed by atoms with E-state index in [1.54, 1.807) is 31.4 Å². The number of ether oxygens (including phenoxy) is 3. The molecule has 6 heteroatoms. The van der Waals surface area contributed by atoms with Crippen LogP contribution in [0.5, 0.6) is 11.5 Å². The first kappa shape index (κ1) is 21.0. The lowest BCUT2D eigenvalue weighted by molar-refractivity contribution is 0.0173. The van der Waals surface area contributed by atoms with Gasteiger partial charge in [-0.15, -0.1) is 0 Å². The van der Waals surface area contributed by atoms with Crippen LogP contribution in [0.1, 0.15) is 58.5 Å². The van der Waals surface area contributed by atoms with Crippen LogP contribution in [0.4, 0.5) is 0 Å². The van der Waals surface area contributed by atoms with E-state index in [0.717, 1.165) is 31.0 Å². The molecule has 6 nitrogen and oxygen atoms in total. The Labute approximate surface area is 188 Å². The van der Waals surface area contributed by atoms with Gasteiger partial charge in [0.15, 0.2) is 17.3 Å². The van der Waals surface area contributed by atoms with E-state index < -0.39 is 0 Å². The molecule has 1 aliphatic carbocycles. The van der Waals surface area contributed by atoms with Gasteiger partial charge < -0.3 is 19.1 Å². The molecule has 0 amide bonds. The Morgan fingerprint density at radius 1 is 1.12 bits per heavy atom. The highest BCUT2D eigenvalue weighted by atomic mass is 16.6. The average Bonchev–Trinajstić information content (AvgIpc) is 3.17. The van der Waals surface area contributed by atoms with Gasteiger partial charge in [0.2, 0.25) is 0 Å². The number of esters is 1. The molecule has 2 aromatic rings. The van der Waals surface area contributed by atoms with E-state index in [-0.39, 0.29) is 35.3 Å². The van der Waals surface area contributed by atoms with Crippen molar-refractivity contribution in [2.24, 2.45) is 5.92 Å². The third-order valence-electron chi connectivity index (χ3n) is 7.68. The standard InChI is InChI=1S/C26H29NO5/c1-15-21(31-25(29)18-7-5-17(6-8-18)16(2)28)13-22-26(15)11-12-27(3)14-19-9-10-20(30-4)24(32-22)23(19)26/h5-10,15,21-22H,11-14H2,1-4H3/t15?,21-,22?,26-/m1/s1. The molecule has 0 bridgehead atoms. The zero-order valence-corrected chi connectivity index (χ0v) is 19.0. The van der Waals surface area contributed by atoms with Crippen molar-refractivity contribution in [1.29, 1.82) is 0 Å². The highest BCUT2D eigenvalue weighted by Gasteiger charge is 2.62. The fraction of sp³-hybridized carbons (Fsp3) is 0.462. The molecule has 0 aromatic heterocycles. The molecule has 1 saturated carbocycles. The average molecular weight is 436 g/mol. The topological polar surface area (TPSA) is 65.1 Å². The molecule has 2 aromatic carbocycles. The minimum absolute atomic E-state index is 0.0263. The number of carbonyl (C=O) groups is 2. The van der Waals surface area contributed by atoms with Crippen LogP contribution in [0.25, 0.3) is 0 Å². The van der Waals surface area contributed by atoms with Gasteiger partial charge in [0.1, 0.15) is 12.2 Å². The van der Waals surface area contributed by atoms with Crippen LogP contribution >= 0.6 is 0 Å². The van der Waals surface area contributed by atoms with E-state index in [0.29, 0.717) is 17.5 Å². The molecule has 168 valence electrons. The zero-order chi connectivity index (χ0) is 22.6. The summed E-state index contributed by atoms with van der Waals surface area (Å²) >= 11 is 0. The minimum atomic E-state index is -0.356. The molecular formula is C26H29NO5. The second-order valence-corrected chi connectivity index (χ2v) is 9.37. The van der Waals surface area contributed by atoms with Crippen molar-refractivity contribution >= 4 is 11.8 Å². The van der Waals surface area contributed by atoms with Crippen LogP contribution in [0.15, 0.2) is 36.4 Å². The molecule has 5 rings (SSSR count). The summed E-state index contributed by atoms with van der Waals surface area (Å²) in [6, 6.07) is 10.8. The molecule has 4 atom stereocenters. The van der Waals surface area contributed by atoms with Crippen molar-refractivity contribution in [2.45, 2.75) is 50.9 Å². The summed E-state index contributed by atoms with van der Waals surface area (Å²) in [6.07, 6.45) is 1.31. The summed E-state index contributed by atoms with van der Waals surface area (Å²) in [5.41, 5.74) is 3.34. The van der Waals surface area contributed by atoms with Crippen molar-refractivity contribution < 1.29 is 23.8 Å². The molecular weight excluding hydrogens is 406 g/mol. The number of rotatable bonds is 4. The SMILES string of the molecule is COc1ccc2c3c1OC1C[C@@H](OC(=O)c4ccc(C(C)=O)cc4)C(C)[C@@]31CCN(C)C2. The number of ketones is 1. The zero-order valence-electron chi connectivity index (χ0n) is 19.0. The maximum absolute atomic E-state index is 12.9. The predicted octanol–water partition coefficient (Wildman–Crippen LogP) is 4.00. The number of nitrogens with zero attached hydrogens (tertiary/aromatic N) is 1. The van der Waals surface area contributed by atoms with Crippen molar-refractivity contribution in [3.63, 3.8) is 0 Å². The number of methoxy groups -OCH3 is 1. The highest BCUT2D eigenvalue weighted by molar-refractivity contribution is 5.96. The van der Waals surface area contributed by atoms with Crippen LogP contribution in [0.2, 0.25) is 0 Å². The predicted molar refractivity (Wildman–Crippen MR) is 119 cm³/mol. The smallest absolute Gasteiger partial charge is 0.338 e. The third kappa shape index (κ3) is 3.04.